The first-order valence-electron chi connectivity index (χ1n) is 8.47. The number of rotatable bonds is 5. The van der Waals surface area contributed by atoms with Crippen molar-refractivity contribution in [3.05, 3.63) is 69.7 Å². The van der Waals surface area contributed by atoms with Crippen molar-refractivity contribution < 1.29 is 14.4 Å². The van der Waals surface area contributed by atoms with E-state index in [0.29, 0.717) is 16.1 Å². The summed E-state index contributed by atoms with van der Waals surface area (Å²) in [6.07, 6.45) is 0. The fraction of sp³-hybridized carbons (Fsp3) is 0.158. The van der Waals surface area contributed by atoms with Gasteiger partial charge in [0.25, 0.3) is 17.7 Å². The van der Waals surface area contributed by atoms with Crippen LogP contribution in [0.4, 0.5) is 5.69 Å². The molecule has 3 rings (SSSR count). The summed E-state index contributed by atoms with van der Waals surface area (Å²) in [7, 11) is 0. The highest BCUT2D eigenvalue weighted by atomic mass is 32.1. The summed E-state index contributed by atoms with van der Waals surface area (Å²) in [6.45, 7) is 3.69. The van der Waals surface area contributed by atoms with Crippen molar-refractivity contribution in [3.8, 4) is 0 Å². The Bertz CT molecular complexity index is 1010. The van der Waals surface area contributed by atoms with Crippen LogP contribution in [0.3, 0.4) is 0 Å². The molecule has 2 aromatic heterocycles. The van der Waals surface area contributed by atoms with Crippen molar-refractivity contribution in [1.29, 1.82) is 0 Å². The van der Waals surface area contributed by atoms with E-state index in [4.69, 9.17) is 0 Å². The van der Waals surface area contributed by atoms with Crippen LogP contribution in [-0.2, 0) is 11.3 Å². The van der Waals surface area contributed by atoms with Gasteiger partial charge in [-0.1, -0.05) is 12.1 Å². The van der Waals surface area contributed by atoms with Gasteiger partial charge in [-0.3, -0.25) is 29.9 Å². The number of nitrogens with one attached hydrogen (secondary N) is 3. The second-order valence-corrected chi connectivity index (χ2v) is 7.05. The van der Waals surface area contributed by atoms with E-state index in [1.807, 2.05) is 25.3 Å². The standard InChI is InChI=1S/C19H19N5O3S/c1-12-9-13(2)24(23-12)11-17(25)21-22-18(26)14-5-3-6-15(10-14)20-19(27)16-7-4-8-28-16/h3-10H,11H2,1-2H3,(H,20,27)(H,21,25)(H,22,26). The molecule has 3 aromatic rings. The quantitative estimate of drug-likeness (QED) is 0.574. The number of nitrogens with zero attached hydrogens (tertiary/aromatic N) is 2. The van der Waals surface area contributed by atoms with Gasteiger partial charge >= 0.3 is 0 Å². The Hall–Kier alpha value is -3.46. The maximum absolute atomic E-state index is 12.3. The van der Waals surface area contributed by atoms with Crippen molar-refractivity contribution in [1.82, 2.24) is 20.6 Å². The van der Waals surface area contributed by atoms with Gasteiger partial charge in [-0.25, -0.2) is 0 Å². The molecule has 0 spiro atoms. The van der Waals surface area contributed by atoms with Gasteiger partial charge in [0.15, 0.2) is 0 Å². The van der Waals surface area contributed by atoms with Crippen LogP contribution in [-0.4, -0.2) is 27.5 Å². The van der Waals surface area contributed by atoms with Gasteiger partial charge in [0.2, 0.25) is 0 Å². The third kappa shape index (κ3) is 4.83. The van der Waals surface area contributed by atoms with Gasteiger partial charge in [0.1, 0.15) is 6.54 Å². The Labute approximate surface area is 165 Å². The van der Waals surface area contributed by atoms with E-state index in [1.165, 1.54) is 17.4 Å². The lowest BCUT2D eigenvalue weighted by molar-refractivity contribution is -0.122. The van der Waals surface area contributed by atoms with Crippen LogP contribution in [0.25, 0.3) is 0 Å². The van der Waals surface area contributed by atoms with E-state index >= 15 is 0 Å². The first-order valence-corrected chi connectivity index (χ1v) is 9.35. The number of benzene rings is 1. The SMILES string of the molecule is Cc1cc(C)n(CC(=O)NNC(=O)c2cccc(NC(=O)c3cccs3)c2)n1. The molecule has 2 heterocycles. The van der Waals surface area contributed by atoms with Crippen LogP contribution in [0.2, 0.25) is 0 Å². The van der Waals surface area contributed by atoms with Crippen LogP contribution >= 0.6 is 11.3 Å². The zero-order valence-electron chi connectivity index (χ0n) is 15.4. The summed E-state index contributed by atoms with van der Waals surface area (Å²) in [4.78, 5) is 37.0. The molecule has 0 atom stereocenters. The molecule has 0 aliphatic rings. The molecule has 144 valence electrons. The number of hydrogen-bond donors (Lipinski definition) is 3. The summed E-state index contributed by atoms with van der Waals surface area (Å²) in [6, 6.07) is 11.8. The topological polar surface area (TPSA) is 105 Å². The van der Waals surface area contributed by atoms with E-state index in [9.17, 15) is 14.4 Å². The van der Waals surface area contributed by atoms with Gasteiger partial charge in [-0.2, -0.15) is 5.10 Å². The number of aromatic nitrogens is 2. The Kier molecular flexibility index (Phi) is 5.85. The van der Waals surface area contributed by atoms with Crippen molar-refractivity contribution in [2.24, 2.45) is 0 Å². The normalized spacial score (nSPS) is 10.4. The molecular formula is C19H19N5O3S. The monoisotopic (exact) mass is 397 g/mol. The van der Waals surface area contributed by atoms with E-state index in [2.05, 4.69) is 21.3 Å². The average molecular weight is 397 g/mol. The minimum Gasteiger partial charge on any atom is -0.321 e. The molecule has 28 heavy (non-hydrogen) atoms. The summed E-state index contributed by atoms with van der Waals surface area (Å²) < 4.78 is 1.55. The fourth-order valence-corrected chi connectivity index (χ4v) is 3.17. The Balaban J connectivity index is 1.56. The Morgan fingerprint density at radius 1 is 1.04 bits per heavy atom. The van der Waals surface area contributed by atoms with Gasteiger partial charge in [0, 0.05) is 16.9 Å². The largest absolute Gasteiger partial charge is 0.321 e. The predicted octanol–water partition coefficient (Wildman–Crippen LogP) is 2.27. The maximum Gasteiger partial charge on any atom is 0.269 e. The summed E-state index contributed by atoms with van der Waals surface area (Å²) >= 11 is 1.33. The zero-order valence-corrected chi connectivity index (χ0v) is 16.2. The molecule has 0 aliphatic heterocycles. The zero-order chi connectivity index (χ0) is 20.1. The number of carbonyl (C=O) groups is 3. The third-order valence-corrected chi connectivity index (χ3v) is 4.71. The number of aryl methyl sites for hydroxylation is 2. The van der Waals surface area contributed by atoms with E-state index in [-0.39, 0.29) is 12.5 Å². The van der Waals surface area contributed by atoms with Crippen molar-refractivity contribution in [2.45, 2.75) is 20.4 Å². The second-order valence-electron chi connectivity index (χ2n) is 6.10. The molecule has 0 bridgehead atoms. The van der Waals surface area contributed by atoms with Crippen molar-refractivity contribution >= 4 is 34.7 Å². The molecular weight excluding hydrogens is 378 g/mol. The average Bonchev–Trinajstić information content (AvgIpc) is 3.30. The molecule has 3 N–H and O–H groups in total. The second kappa shape index (κ2) is 8.49. The number of thiophene rings is 1. The predicted molar refractivity (Wildman–Crippen MR) is 106 cm³/mol. The summed E-state index contributed by atoms with van der Waals surface area (Å²) in [5, 5.41) is 8.75. The summed E-state index contributed by atoms with van der Waals surface area (Å²) in [5.41, 5.74) is 7.18. The van der Waals surface area contributed by atoms with Gasteiger partial charge in [-0.05, 0) is 49.6 Å². The van der Waals surface area contributed by atoms with Crippen LogP contribution in [0.15, 0.2) is 47.8 Å². The van der Waals surface area contributed by atoms with Crippen LogP contribution in [0.5, 0.6) is 0 Å². The van der Waals surface area contributed by atoms with Gasteiger partial charge in [0.05, 0.1) is 10.6 Å². The van der Waals surface area contributed by atoms with Crippen LogP contribution < -0.4 is 16.2 Å². The molecule has 3 amide bonds. The minimum atomic E-state index is -0.492. The van der Waals surface area contributed by atoms with Gasteiger partial charge in [-0.15, -0.1) is 11.3 Å². The molecule has 0 saturated heterocycles. The van der Waals surface area contributed by atoms with E-state index < -0.39 is 11.8 Å². The van der Waals surface area contributed by atoms with Crippen LogP contribution in [0, 0.1) is 13.8 Å². The number of hydrogen-bond acceptors (Lipinski definition) is 5. The lowest BCUT2D eigenvalue weighted by Gasteiger charge is -2.10. The lowest BCUT2D eigenvalue weighted by atomic mass is 10.2. The molecule has 0 saturated carbocycles. The van der Waals surface area contributed by atoms with E-state index in [1.54, 1.807) is 35.0 Å². The summed E-state index contributed by atoms with van der Waals surface area (Å²) in [5.74, 6) is -1.14. The molecule has 0 unspecified atom stereocenters. The number of anilines is 1. The molecule has 8 nitrogen and oxygen atoms in total. The highest BCUT2D eigenvalue weighted by Gasteiger charge is 2.12. The van der Waals surface area contributed by atoms with Gasteiger partial charge < -0.3 is 5.32 Å². The Morgan fingerprint density at radius 3 is 2.54 bits per heavy atom. The highest BCUT2D eigenvalue weighted by molar-refractivity contribution is 7.12. The first-order chi connectivity index (χ1) is 13.4. The first kappa shape index (κ1) is 19.3. The number of hydrazine groups is 1. The highest BCUT2D eigenvalue weighted by Crippen LogP contribution is 2.14. The van der Waals surface area contributed by atoms with Crippen molar-refractivity contribution in [2.75, 3.05) is 5.32 Å². The fourth-order valence-electron chi connectivity index (χ4n) is 2.55. The molecule has 0 radical (unpaired) electrons. The minimum absolute atomic E-state index is 0.00311. The number of carbonyl (C=O) groups excluding carboxylic acids is 3. The van der Waals surface area contributed by atoms with Crippen molar-refractivity contribution in [3.63, 3.8) is 0 Å². The molecule has 1 aromatic carbocycles. The maximum atomic E-state index is 12.3. The smallest absolute Gasteiger partial charge is 0.269 e. The third-order valence-electron chi connectivity index (χ3n) is 3.84. The van der Waals surface area contributed by atoms with Crippen LogP contribution in [0.1, 0.15) is 31.4 Å². The molecule has 9 heteroatoms. The Morgan fingerprint density at radius 2 is 1.86 bits per heavy atom. The molecule has 0 aliphatic carbocycles. The lowest BCUT2D eigenvalue weighted by Crippen LogP contribution is -2.43. The molecule has 0 fully saturated rings. The van der Waals surface area contributed by atoms with E-state index in [0.717, 1.165) is 11.4 Å². The number of amides is 3.